The summed E-state index contributed by atoms with van der Waals surface area (Å²) in [5.41, 5.74) is 6.68. The lowest BCUT2D eigenvalue weighted by Crippen LogP contribution is -2.21. The van der Waals surface area contributed by atoms with E-state index in [2.05, 4.69) is 0 Å². The molecule has 2 N–H and O–H groups in total. The summed E-state index contributed by atoms with van der Waals surface area (Å²) < 4.78 is 0. The van der Waals surface area contributed by atoms with Crippen LogP contribution in [0.3, 0.4) is 0 Å². The quantitative estimate of drug-likeness (QED) is 0.822. The molecule has 1 atom stereocenters. The first-order valence-electron chi connectivity index (χ1n) is 5.15. The number of ketones is 1. The fourth-order valence-electron chi connectivity index (χ4n) is 1.67. The van der Waals surface area contributed by atoms with Crippen LogP contribution in [0.4, 0.5) is 0 Å². The summed E-state index contributed by atoms with van der Waals surface area (Å²) in [5, 5.41) is 1.91. The second-order valence-corrected chi connectivity index (χ2v) is 4.49. The summed E-state index contributed by atoms with van der Waals surface area (Å²) in [5.74, 6) is -0.108. The summed E-state index contributed by atoms with van der Waals surface area (Å²) in [6.07, 6.45) is 0. The van der Waals surface area contributed by atoms with Crippen molar-refractivity contribution in [3.05, 3.63) is 58.3 Å². The average molecular weight is 231 g/mol. The third-order valence-corrected chi connectivity index (χ3v) is 3.40. The number of nitrogens with two attached hydrogens (primary N) is 1. The summed E-state index contributed by atoms with van der Waals surface area (Å²) in [4.78, 5) is 12.9. The van der Waals surface area contributed by atoms with Crippen LogP contribution in [0.1, 0.15) is 21.2 Å². The van der Waals surface area contributed by atoms with Crippen molar-refractivity contribution >= 4 is 17.1 Å². The fraction of sp³-hybridized carbons (Fsp3) is 0.154. The Hall–Kier alpha value is -1.45. The van der Waals surface area contributed by atoms with E-state index in [1.54, 1.807) is 0 Å². The van der Waals surface area contributed by atoms with Crippen LogP contribution >= 0.6 is 11.3 Å². The molecule has 16 heavy (non-hydrogen) atoms. The number of carbonyl (C=O) groups is 1. The molecule has 1 unspecified atom stereocenters. The molecule has 0 fully saturated rings. The largest absolute Gasteiger partial charge is 0.329 e. The van der Waals surface area contributed by atoms with Gasteiger partial charge in [-0.2, -0.15) is 0 Å². The van der Waals surface area contributed by atoms with E-state index in [1.165, 1.54) is 11.3 Å². The van der Waals surface area contributed by atoms with Crippen LogP contribution in [0, 0.1) is 0 Å². The van der Waals surface area contributed by atoms with E-state index < -0.39 is 0 Å². The monoisotopic (exact) mass is 231 g/mol. The summed E-state index contributed by atoms with van der Waals surface area (Å²) in [6, 6.07) is 13.4. The normalized spacial score (nSPS) is 12.3. The Bertz CT molecular complexity index is 450. The first-order chi connectivity index (χ1) is 7.83. The summed E-state index contributed by atoms with van der Waals surface area (Å²) >= 11 is 1.46. The first-order valence-corrected chi connectivity index (χ1v) is 6.03. The highest BCUT2D eigenvalue weighted by Gasteiger charge is 2.20. The van der Waals surface area contributed by atoms with E-state index in [-0.39, 0.29) is 11.7 Å². The third-order valence-electron chi connectivity index (χ3n) is 2.52. The van der Waals surface area contributed by atoms with Gasteiger partial charge in [0.25, 0.3) is 0 Å². The predicted octanol–water partition coefficient (Wildman–Crippen LogP) is 2.67. The Kier molecular flexibility index (Phi) is 3.49. The highest BCUT2D eigenvalue weighted by Crippen LogP contribution is 2.22. The molecule has 1 aromatic heterocycles. The van der Waals surface area contributed by atoms with E-state index >= 15 is 0 Å². The predicted molar refractivity (Wildman–Crippen MR) is 66.9 cm³/mol. The highest BCUT2D eigenvalue weighted by molar-refractivity contribution is 7.12. The van der Waals surface area contributed by atoms with Crippen LogP contribution in [-0.4, -0.2) is 12.3 Å². The molecule has 0 saturated heterocycles. The van der Waals surface area contributed by atoms with Gasteiger partial charge in [-0.1, -0.05) is 36.4 Å². The molecule has 0 radical (unpaired) electrons. The van der Waals surface area contributed by atoms with Gasteiger partial charge in [0, 0.05) is 6.54 Å². The average Bonchev–Trinajstić information content (AvgIpc) is 2.85. The number of rotatable bonds is 4. The Balaban J connectivity index is 2.27. The number of Topliss-reactive ketones (excluding diaryl/α,β-unsaturated/α-hetero) is 1. The lowest BCUT2D eigenvalue weighted by molar-refractivity contribution is 0.0966. The van der Waals surface area contributed by atoms with Crippen LogP contribution in [0.15, 0.2) is 47.8 Å². The van der Waals surface area contributed by atoms with Crippen molar-refractivity contribution in [3.8, 4) is 0 Å². The number of thiophene rings is 1. The second-order valence-electron chi connectivity index (χ2n) is 3.54. The Morgan fingerprint density at radius 3 is 2.50 bits per heavy atom. The zero-order chi connectivity index (χ0) is 11.4. The van der Waals surface area contributed by atoms with E-state index in [9.17, 15) is 4.79 Å². The minimum absolute atomic E-state index is 0.115. The molecule has 3 heteroatoms. The molecule has 0 aliphatic heterocycles. The smallest absolute Gasteiger partial charge is 0.181 e. The van der Waals surface area contributed by atoms with Gasteiger partial charge in [0.1, 0.15) is 0 Å². The topological polar surface area (TPSA) is 43.1 Å². The molecule has 1 aromatic carbocycles. The summed E-state index contributed by atoms with van der Waals surface area (Å²) in [6.45, 7) is 0.348. The van der Waals surface area contributed by atoms with Crippen molar-refractivity contribution in [1.82, 2.24) is 0 Å². The van der Waals surface area contributed by atoms with Crippen molar-refractivity contribution in [2.75, 3.05) is 6.54 Å². The zero-order valence-electron chi connectivity index (χ0n) is 8.80. The van der Waals surface area contributed by atoms with E-state index in [1.807, 2.05) is 47.8 Å². The third kappa shape index (κ3) is 2.21. The Morgan fingerprint density at radius 2 is 1.94 bits per heavy atom. The molecule has 0 aliphatic rings. The minimum Gasteiger partial charge on any atom is -0.329 e. The van der Waals surface area contributed by atoms with Crippen LogP contribution in [0.5, 0.6) is 0 Å². The Morgan fingerprint density at radius 1 is 1.19 bits per heavy atom. The first kappa shape index (κ1) is 11.0. The van der Waals surface area contributed by atoms with Crippen molar-refractivity contribution in [2.24, 2.45) is 5.73 Å². The maximum absolute atomic E-state index is 12.2. The number of hydrogen-bond acceptors (Lipinski definition) is 3. The van der Waals surface area contributed by atoms with E-state index in [4.69, 9.17) is 5.73 Å². The number of hydrogen-bond donors (Lipinski definition) is 1. The van der Waals surface area contributed by atoms with E-state index in [0.717, 1.165) is 10.4 Å². The van der Waals surface area contributed by atoms with Gasteiger partial charge in [-0.15, -0.1) is 11.3 Å². The van der Waals surface area contributed by atoms with Gasteiger partial charge in [0.15, 0.2) is 5.78 Å². The molecule has 0 aliphatic carbocycles. The SMILES string of the molecule is NCC(C(=O)c1cccs1)c1ccccc1. The minimum atomic E-state index is -0.222. The molecule has 1 heterocycles. The maximum Gasteiger partial charge on any atom is 0.181 e. The summed E-state index contributed by atoms with van der Waals surface area (Å²) in [7, 11) is 0. The molecule has 2 nitrogen and oxygen atoms in total. The molecular formula is C13H13NOS. The van der Waals surface area contributed by atoms with Gasteiger partial charge in [-0.3, -0.25) is 4.79 Å². The second kappa shape index (κ2) is 5.05. The van der Waals surface area contributed by atoms with Crippen LogP contribution < -0.4 is 5.73 Å². The van der Waals surface area contributed by atoms with Gasteiger partial charge in [-0.05, 0) is 17.0 Å². The molecule has 2 aromatic rings. The number of benzene rings is 1. The lowest BCUT2D eigenvalue weighted by atomic mass is 9.94. The molecule has 0 saturated carbocycles. The van der Waals surface area contributed by atoms with Crippen molar-refractivity contribution in [2.45, 2.75) is 5.92 Å². The van der Waals surface area contributed by atoms with Crippen LogP contribution in [-0.2, 0) is 0 Å². The van der Waals surface area contributed by atoms with Crippen molar-refractivity contribution in [1.29, 1.82) is 0 Å². The van der Waals surface area contributed by atoms with Gasteiger partial charge >= 0.3 is 0 Å². The molecule has 0 spiro atoms. The maximum atomic E-state index is 12.2. The number of carbonyl (C=O) groups excluding carboxylic acids is 1. The molecular weight excluding hydrogens is 218 g/mol. The van der Waals surface area contributed by atoms with Crippen LogP contribution in [0.25, 0.3) is 0 Å². The van der Waals surface area contributed by atoms with Gasteiger partial charge in [-0.25, -0.2) is 0 Å². The van der Waals surface area contributed by atoms with Gasteiger partial charge in [0.2, 0.25) is 0 Å². The molecule has 0 amide bonds. The standard InChI is InChI=1S/C13H13NOS/c14-9-11(10-5-2-1-3-6-10)13(15)12-7-4-8-16-12/h1-8,11H,9,14H2. The van der Waals surface area contributed by atoms with E-state index in [0.29, 0.717) is 6.54 Å². The van der Waals surface area contributed by atoms with Crippen molar-refractivity contribution < 1.29 is 4.79 Å². The molecule has 0 bridgehead atoms. The zero-order valence-corrected chi connectivity index (χ0v) is 9.61. The molecule has 82 valence electrons. The van der Waals surface area contributed by atoms with Gasteiger partial charge in [0.05, 0.1) is 10.8 Å². The highest BCUT2D eigenvalue weighted by atomic mass is 32.1. The fourth-order valence-corrected chi connectivity index (χ4v) is 2.39. The lowest BCUT2D eigenvalue weighted by Gasteiger charge is -2.12. The Labute approximate surface area is 98.7 Å². The van der Waals surface area contributed by atoms with Gasteiger partial charge < -0.3 is 5.73 Å². The molecule has 2 rings (SSSR count). The van der Waals surface area contributed by atoms with Crippen LogP contribution in [0.2, 0.25) is 0 Å². The van der Waals surface area contributed by atoms with Crippen molar-refractivity contribution in [3.63, 3.8) is 0 Å².